The molecule has 32 heavy (non-hydrogen) atoms. The minimum Gasteiger partial charge on any atom is -0.479 e. The van der Waals surface area contributed by atoms with Crippen LogP contribution in [0.5, 0.6) is 0 Å². The second kappa shape index (κ2) is 10.0. The molecular weight excluding hydrogens is 494 g/mol. The molecule has 2 saturated heterocycles. The van der Waals surface area contributed by atoms with Gasteiger partial charge in [0.2, 0.25) is 0 Å². The van der Waals surface area contributed by atoms with E-state index in [9.17, 15) is 47.2 Å². The molecule has 0 saturated carbocycles. The number of aliphatic hydroxyl groups is 5. The van der Waals surface area contributed by atoms with Gasteiger partial charge < -0.3 is 44.8 Å². The number of carbonyl (C=O) groups is 1. The van der Waals surface area contributed by atoms with Crippen molar-refractivity contribution >= 4 is 26.7 Å². The van der Waals surface area contributed by atoms with Gasteiger partial charge in [-0.3, -0.25) is 9.11 Å². The summed E-state index contributed by atoms with van der Waals surface area (Å²) in [6, 6.07) is -2.22. The Labute approximate surface area is 179 Å². The normalized spacial score (nSPS) is 41.3. The molecule has 0 spiro atoms. The van der Waals surface area contributed by atoms with Crippen LogP contribution < -0.4 is 4.72 Å². The Balaban J connectivity index is 2.43. The van der Waals surface area contributed by atoms with Gasteiger partial charge in [0.15, 0.2) is 18.7 Å². The molecule has 2 heterocycles. The second-order valence-electron chi connectivity index (χ2n) is 6.69. The van der Waals surface area contributed by atoms with Gasteiger partial charge in [-0.2, -0.15) is 21.6 Å². The van der Waals surface area contributed by atoms with Gasteiger partial charge in [0, 0.05) is 0 Å². The maximum absolute atomic E-state index is 11.3. The van der Waals surface area contributed by atoms with Crippen LogP contribution in [0.4, 0.5) is 0 Å². The number of ether oxygens (including phenoxy) is 3. The van der Waals surface area contributed by atoms with Crippen molar-refractivity contribution in [3.8, 4) is 0 Å². The van der Waals surface area contributed by atoms with E-state index in [1.165, 1.54) is 4.72 Å². The van der Waals surface area contributed by atoms with Crippen molar-refractivity contribution in [2.75, 3.05) is 6.61 Å². The van der Waals surface area contributed by atoms with E-state index in [0.717, 1.165) is 0 Å². The van der Waals surface area contributed by atoms with E-state index in [1.54, 1.807) is 0 Å². The van der Waals surface area contributed by atoms with Crippen LogP contribution in [0.3, 0.4) is 0 Å². The Morgan fingerprint density at radius 1 is 0.938 bits per heavy atom. The third-order valence-electron chi connectivity index (χ3n) is 4.47. The summed E-state index contributed by atoms with van der Waals surface area (Å²) in [4.78, 5) is 11.2. The lowest BCUT2D eigenvalue weighted by molar-refractivity contribution is -0.338. The molecule has 2 rings (SSSR count). The quantitative estimate of drug-likeness (QED) is 0.136. The molecule has 0 bridgehead atoms. The summed E-state index contributed by atoms with van der Waals surface area (Å²) in [7, 11) is -10.6. The Kier molecular flexibility index (Phi) is 8.50. The smallest absolute Gasteiger partial charge is 0.397 e. The number of aliphatic carboxylic acids is 1. The number of rotatable bonds is 8. The summed E-state index contributed by atoms with van der Waals surface area (Å²) in [5.41, 5.74) is 0. The fourth-order valence-corrected chi connectivity index (χ4v) is 4.21. The third-order valence-corrected chi connectivity index (χ3v) is 5.50. The molecule has 10 atom stereocenters. The van der Waals surface area contributed by atoms with Crippen LogP contribution in [0.1, 0.15) is 0 Å². The molecule has 2 fully saturated rings. The zero-order chi connectivity index (χ0) is 24.6. The first-order chi connectivity index (χ1) is 14.6. The van der Waals surface area contributed by atoms with Crippen molar-refractivity contribution in [1.82, 2.24) is 4.72 Å². The predicted molar refractivity (Wildman–Crippen MR) is 92.0 cm³/mol. The number of hydrogen-bond acceptors (Lipinski definition) is 14. The monoisotopic (exact) mass is 515 g/mol. The summed E-state index contributed by atoms with van der Waals surface area (Å²) < 4.78 is 83.5. The molecule has 0 amide bonds. The summed E-state index contributed by atoms with van der Waals surface area (Å²) in [5, 5.41) is 58.1. The first-order valence-electron chi connectivity index (χ1n) is 8.48. The van der Waals surface area contributed by atoms with Crippen molar-refractivity contribution in [2.24, 2.45) is 0 Å². The van der Waals surface area contributed by atoms with Crippen LogP contribution >= 0.6 is 0 Å². The van der Waals surface area contributed by atoms with Crippen LogP contribution in [0.25, 0.3) is 0 Å². The molecule has 0 unspecified atom stereocenters. The van der Waals surface area contributed by atoms with Crippen molar-refractivity contribution in [1.29, 1.82) is 0 Å². The maximum atomic E-state index is 11.3. The molecule has 2 aliphatic heterocycles. The molecule has 0 aliphatic carbocycles. The van der Waals surface area contributed by atoms with Crippen LogP contribution in [0.15, 0.2) is 0 Å². The minimum atomic E-state index is -5.43. The molecule has 188 valence electrons. The molecule has 9 N–H and O–H groups in total. The van der Waals surface area contributed by atoms with Crippen LogP contribution in [0.2, 0.25) is 0 Å². The first kappa shape index (κ1) is 27.1. The fraction of sp³-hybridized carbons (Fsp3) is 0.917. The van der Waals surface area contributed by atoms with Gasteiger partial charge in [0.05, 0.1) is 6.61 Å². The van der Waals surface area contributed by atoms with E-state index < -0.39 is 94.6 Å². The summed E-state index contributed by atoms with van der Waals surface area (Å²) in [6.07, 6.45) is -19.3. The zero-order valence-electron chi connectivity index (χ0n) is 15.5. The highest BCUT2D eigenvalue weighted by Gasteiger charge is 2.54. The number of aliphatic hydroxyl groups excluding tert-OH is 5. The Morgan fingerprint density at radius 3 is 2.00 bits per heavy atom. The Hall–Kier alpha value is -1.11. The van der Waals surface area contributed by atoms with Crippen LogP contribution in [-0.4, -0.2) is 131 Å². The van der Waals surface area contributed by atoms with Crippen LogP contribution in [-0.2, 0) is 43.9 Å². The fourth-order valence-electron chi connectivity index (χ4n) is 3.10. The van der Waals surface area contributed by atoms with E-state index in [0.29, 0.717) is 0 Å². The lowest BCUT2D eigenvalue weighted by atomic mass is 9.96. The standard InChI is InChI=1S/C12H21NO17S2/c14-1-2-7(28-12-6(17)4(15)5(16)9(29-12)10(18)19)8(30-32(24,25)26)3(11(20)27-2)13-31(21,22)23/h2-9,11-17,20H,1H2,(H,18,19)(H,21,22,23)(H,24,25,26)/t2-,3-,4+,5+,6-,7-,8-,9+,11+,12-/m1/s1. The Morgan fingerprint density at radius 2 is 1.53 bits per heavy atom. The minimum absolute atomic E-state index is 1.08. The molecule has 0 aromatic rings. The SMILES string of the molecule is O=C(O)[C@H]1O[C@@H](O[C@H]2[C@H](OS(=O)(=O)O)[C@@H](NS(=O)(=O)O)[C@@H](O)O[C@@H]2CO)[C@H](O)[C@@H](O)[C@@H]1O. The molecule has 0 aromatic carbocycles. The summed E-state index contributed by atoms with van der Waals surface area (Å²) >= 11 is 0. The van der Waals surface area contributed by atoms with Gasteiger partial charge in [-0.15, -0.1) is 0 Å². The second-order valence-corrected chi connectivity index (χ2v) is 8.92. The summed E-state index contributed by atoms with van der Waals surface area (Å²) in [6.45, 7) is -1.08. The molecule has 18 nitrogen and oxygen atoms in total. The van der Waals surface area contributed by atoms with E-state index >= 15 is 0 Å². The summed E-state index contributed by atoms with van der Waals surface area (Å²) in [5.74, 6) is -1.80. The van der Waals surface area contributed by atoms with Crippen molar-refractivity contribution < 1.29 is 79.8 Å². The average Bonchev–Trinajstić information content (AvgIpc) is 2.64. The number of nitrogens with one attached hydrogen (secondary N) is 1. The number of hydrogen-bond donors (Lipinski definition) is 9. The topological polar surface area (TPSA) is 296 Å². The third kappa shape index (κ3) is 6.48. The van der Waals surface area contributed by atoms with Gasteiger partial charge in [-0.1, -0.05) is 0 Å². The highest BCUT2D eigenvalue weighted by atomic mass is 32.3. The zero-order valence-corrected chi connectivity index (χ0v) is 17.2. The molecule has 20 heteroatoms. The lowest BCUT2D eigenvalue weighted by Crippen LogP contribution is -2.68. The van der Waals surface area contributed by atoms with E-state index in [-0.39, 0.29) is 0 Å². The lowest BCUT2D eigenvalue weighted by Gasteiger charge is -2.46. The maximum Gasteiger partial charge on any atom is 0.397 e. The van der Waals surface area contributed by atoms with Gasteiger partial charge in [-0.05, 0) is 0 Å². The molecule has 0 aromatic heterocycles. The molecular formula is C12H21NO17S2. The van der Waals surface area contributed by atoms with Gasteiger partial charge >= 0.3 is 26.7 Å². The van der Waals surface area contributed by atoms with Gasteiger partial charge in [0.25, 0.3) is 0 Å². The van der Waals surface area contributed by atoms with Gasteiger partial charge in [0.1, 0.15) is 42.7 Å². The van der Waals surface area contributed by atoms with E-state index in [2.05, 4.69) is 4.18 Å². The first-order valence-corrected chi connectivity index (χ1v) is 11.3. The van der Waals surface area contributed by atoms with Crippen molar-refractivity contribution in [3.63, 3.8) is 0 Å². The number of carboxylic acids is 1. The van der Waals surface area contributed by atoms with Gasteiger partial charge in [-0.25, -0.2) is 8.98 Å². The van der Waals surface area contributed by atoms with Crippen molar-refractivity contribution in [2.45, 2.75) is 61.3 Å². The molecule has 0 radical (unpaired) electrons. The van der Waals surface area contributed by atoms with Crippen molar-refractivity contribution in [3.05, 3.63) is 0 Å². The van der Waals surface area contributed by atoms with Crippen LogP contribution in [0, 0.1) is 0 Å². The van der Waals surface area contributed by atoms with E-state index in [1.807, 2.05) is 0 Å². The Bertz CT molecular complexity index is 878. The average molecular weight is 515 g/mol. The molecule has 2 aliphatic rings. The predicted octanol–water partition coefficient (Wildman–Crippen LogP) is -6.08. The highest BCUT2D eigenvalue weighted by molar-refractivity contribution is 7.83. The number of carboxylic acid groups (broad SMARTS) is 1. The van der Waals surface area contributed by atoms with E-state index in [4.69, 9.17) is 28.4 Å². The largest absolute Gasteiger partial charge is 0.479 e. The highest BCUT2D eigenvalue weighted by Crippen LogP contribution is 2.31.